The van der Waals surface area contributed by atoms with Crippen molar-refractivity contribution >= 4 is 11.8 Å². The molecule has 5 heteroatoms. The molecule has 0 aromatic carbocycles. The van der Waals surface area contributed by atoms with Gasteiger partial charge in [0.15, 0.2) is 0 Å². The molecular weight excluding hydrogens is 206 g/mol. The van der Waals surface area contributed by atoms with Gasteiger partial charge in [-0.1, -0.05) is 12.8 Å². The topological polar surface area (TPSA) is 84.2 Å². The Morgan fingerprint density at radius 3 is 2.69 bits per heavy atom. The van der Waals surface area contributed by atoms with Gasteiger partial charge in [0.2, 0.25) is 11.8 Å². The molecular formula is C11H19N3O2. The number of hydrogen-bond donors (Lipinski definition) is 3. The molecule has 0 spiro atoms. The van der Waals surface area contributed by atoms with Gasteiger partial charge in [-0.25, -0.2) is 0 Å². The molecule has 1 saturated carbocycles. The second kappa shape index (κ2) is 4.82. The van der Waals surface area contributed by atoms with Crippen LogP contribution in [-0.4, -0.2) is 29.9 Å². The summed E-state index contributed by atoms with van der Waals surface area (Å²) in [7, 11) is 0. The lowest BCUT2D eigenvalue weighted by molar-refractivity contribution is -0.126. The summed E-state index contributed by atoms with van der Waals surface area (Å²) in [5, 5.41) is 5.62. The highest BCUT2D eigenvalue weighted by molar-refractivity contribution is 5.90. The second-order valence-corrected chi connectivity index (χ2v) is 4.72. The summed E-state index contributed by atoms with van der Waals surface area (Å²) in [6, 6.07) is -0.199. The quantitative estimate of drug-likeness (QED) is 0.600. The van der Waals surface area contributed by atoms with E-state index in [-0.39, 0.29) is 29.9 Å². The average Bonchev–Trinajstić information content (AvgIpc) is 2.68. The van der Waals surface area contributed by atoms with E-state index in [1.54, 1.807) is 0 Å². The third kappa shape index (κ3) is 2.52. The number of nitrogens with one attached hydrogen (secondary N) is 2. The number of nitrogens with two attached hydrogens (primary N) is 1. The fraction of sp³-hybridized carbons (Fsp3) is 0.818. The molecule has 5 nitrogen and oxygen atoms in total. The van der Waals surface area contributed by atoms with Crippen LogP contribution in [-0.2, 0) is 9.59 Å². The standard InChI is InChI=1S/C11H19N3O2/c12-7-3-1-2-4-8(7)14-11(16)9-5-6-10(15)13-9/h7-9H,1-6,12H2,(H,13,15)(H,14,16)/t7-,8-,9-/m1/s1. The van der Waals surface area contributed by atoms with E-state index < -0.39 is 0 Å². The van der Waals surface area contributed by atoms with E-state index in [1.807, 2.05) is 0 Å². The van der Waals surface area contributed by atoms with E-state index in [0.29, 0.717) is 12.8 Å². The molecule has 2 fully saturated rings. The average molecular weight is 225 g/mol. The van der Waals surface area contributed by atoms with Gasteiger partial charge >= 0.3 is 0 Å². The van der Waals surface area contributed by atoms with E-state index in [9.17, 15) is 9.59 Å². The van der Waals surface area contributed by atoms with Crippen molar-refractivity contribution in [3.63, 3.8) is 0 Å². The molecule has 0 aromatic rings. The van der Waals surface area contributed by atoms with Crippen molar-refractivity contribution < 1.29 is 9.59 Å². The van der Waals surface area contributed by atoms with Crippen molar-refractivity contribution in [1.82, 2.24) is 10.6 Å². The van der Waals surface area contributed by atoms with Crippen LogP contribution in [0.2, 0.25) is 0 Å². The zero-order chi connectivity index (χ0) is 11.5. The molecule has 3 atom stereocenters. The van der Waals surface area contributed by atoms with Gasteiger partial charge in [-0.15, -0.1) is 0 Å². The Morgan fingerprint density at radius 2 is 2.06 bits per heavy atom. The maximum absolute atomic E-state index is 11.8. The number of carbonyl (C=O) groups excluding carboxylic acids is 2. The van der Waals surface area contributed by atoms with E-state index in [4.69, 9.17) is 5.73 Å². The fourth-order valence-electron chi connectivity index (χ4n) is 2.43. The molecule has 0 radical (unpaired) electrons. The van der Waals surface area contributed by atoms with Gasteiger partial charge in [-0.05, 0) is 19.3 Å². The number of amides is 2. The Balaban J connectivity index is 1.84. The molecule has 1 aliphatic carbocycles. The van der Waals surface area contributed by atoms with Gasteiger partial charge in [0.25, 0.3) is 0 Å². The lowest BCUT2D eigenvalue weighted by Crippen LogP contribution is -2.53. The lowest BCUT2D eigenvalue weighted by Gasteiger charge is -2.30. The molecule has 0 bridgehead atoms. The van der Waals surface area contributed by atoms with Gasteiger partial charge in [-0.2, -0.15) is 0 Å². The molecule has 2 rings (SSSR count). The van der Waals surface area contributed by atoms with Crippen LogP contribution in [0.3, 0.4) is 0 Å². The van der Waals surface area contributed by atoms with Crippen LogP contribution < -0.4 is 16.4 Å². The first-order valence-corrected chi connectivity index (χ1v) is 6.02. The highest BCUT2D eigenvalue weighted by atomic mass is 16.2. The number of hydrogen-bond acceptors (Lipinski definition) is 3. The summed E-state index contributed by atoms with van der Waals surface area (Å²) in [6.07, 6.45) is 5.25. The predicted molar refractivity (Wildman–Crippen MR) is 59.5 cm³/mol. The normalized spacial score (nSPS) is 34.6. The fourth-order valence-corrected chi connectivity index (χ4v) is 2.43. The first-order valence-electron chi connectivity index (χ1n) is 6.02. The smallest absolute Gasteiger partial charge is 0.242 e. The minimum absolute atomic E-state index is 0.0342. The monoisotopic (exact) mass is 225 g/mol. The maximum atomic E-state index is 11.8. The van der Waals surface area contributed by atoms with Crippen LogP contribution in [0.25, 0.3) is 0 Å². The number of carbonyl (C=O) groups is 2. The van der Waals surface area contributed by atoms with E-state index in [0.717, 1.165) is 25.7 Å². The van der Waals surface area contributed by atoms with Crippen LogP contribution in [0.4, 0.5) is 0 Å². The maximum Gasteiger partial charge on any atom is 0.242 e. The van der Waals surface area contributed by atoms with Crippen molar-refractivity contribution in [3.8, 4) is 0 Å². The van der Waals surface area contributed by atoms with E-state index in [1.165, 1.54) is 0 Å². The summed E-state index contributed by atoms with van der Waals surface area (Å²) < 4.78 is 0. The zero-order valence-electron chi connectivity index (χ0n) is 9.37. The molecule has 2 aliphatic rings. The van der Waals surface area contributed by atoms with Gasteiger partial charge in [0.05, 0.1) is 0 Å². The molecule has 0 aromatic heterocycles. The predicted octanol–water partition coefficient (Wildman–Crippen LogP) is -0.349. The van der Waals surface area contributed by atoms with Crippen LogP contribution in [0.15, 0.2) is 0 Å². The summed E-state index contributed by atoms with van der Waals surface area (Å²) >= 11 is 0. The third-order valence-corrected chi connectivity index (χ3v) is 3.46. The highest BCUT2D eigenvalue weighted by Crippen LogP contribution is 2.17. The molecule has 1 saturated heterocycles. The van der Waals surface area contributed by atoms with Crippen LogP contribution in [0.5, 0.6) is 0 Å². The van der Waals surface area contributed by atoms with Crippen LogP contribution >= 0.6 is 0 Å². The Bertz CT molecular complexity index is 293. The molecule has 90 valence electrons. The molecule has 0 unspecified atom stereocenters. The first-order chi connectivity index (χ1) is 7.66. The van der Waals surface area contributed by atoms with Crippen molar-refractivity contribution in [2.75, 3.05) is 0 Å². The Hall–Kier alpha value is -1.10. The largest absolute Gasteiger partial charge is 0.350 e. The SMILES string of the molecule is N[C@@H]1CCCC[C@H]1NC(=O)[C@H]1CCC(=O)N1. The summed E-state index contributed by atoms with van der Waals surface area (Å²) in [4.78, 5) is 22.8. The summed E-state index contributed by atoms with van der Waals surface area (Å²) in [5.74, 6) is -0.110. The minimum atomic E-state index is -0.346. The molecule has 16 heavy (non-hydrogen) atoms. The van der Waals surface area contributed by atoms with Crippen molar-refractivity contribution in [1.29, 1.82) is 0 Å². The van der Waals surface area contributed by atoms with Gasteiger partial charge in [0.1, 0.15) is 6.04 Å². The van der Waals surface area contributed by atoms with Crippen molar-refractivity contribution in [2.24, 2.45) is 5.73 Å². The molecule has 4 N–H and O–H groups in total. The first kappa shape index (κ1) is 11.4. The van der Waals surface area contributed by atoms with Crippen molar-refractivity contribution in [2.45, 2.75) is 56.7 Å². The Labute approximate surface area is 95.1 Å². The van der Waals surface area contributed by atoms with Crippen molar-refractivity contribution in [3.05, 3.63) is 0 Å². The van der Waals surface area contributed by atoms with Crippen LogP contribution in [0.1, 0.15) is 38.5 Å². The Morgan fingerprint density at radius 1 is 1.31 bits per heavy atom. The lowest BCUT2D eigenvalue weighted by atomic mass is 9.91. The zero-order valence-corrected chi connectivity index (χ0v) is 9.37. The highest BCUT2D eigenvalue weighted by Gasteiger charge is 2.30. The molecule has 2 amide bonds. The molecule has 1 aliphatic heterocycles. The summed E-state index contributed by atoms with van der Waals surface area (Å²) in [5.41, 5.74) is 5.95. The minimum Gasteiger partial charge on any atom is -0.350 e. The second-order valence-electron chi connectivity index (χ2n) is 4.72. The summed E-state index contributed by atoms with van der Waals surface area (Å²) in [6.45, 7) is 0. The van der Waals surface area contributed by atoms with Gasteiger partial charge in [-0.3, -0.25) is 9.59 Å². The van der Waals surface area contributed by atoms with Crippen LogP contribution in [0, 0.1) is 0 Å². The van der Waals surface area contributed by atoms with E-state index in [2.05, 4.69) is 10.6 Å². The van der Waals surface area contributed by atoms with Gasteiger partial charge < -0.3 is 16.4 Å². The van der Waals surface area contributed by atoms with E-state index >= 15 is 0 Å². The number of rotatable bonds is 2. The Kier molecular flexibility index (Phi) is 3.43. The molecule has 1 heterocycles. The third-order valence-electron chi connectivity index (χ3n) is 3.46. The van der Waals surface area contributed by atoms with Gasteiger partial charge in [0, 0.05) is 18.5 Å².